The van der Waals surface area contributed by atoms with Crippen LogP contribution in [0.15, 0.2) is 128 Å². The molecule has 6 rings (SSSR count). The first-order valence-corrected chi connectivity index (χ1v) is 17.2. The number of anilines is 1. The molecule has 0 aliphatic carbocycles. The molecule has 0 unspecified atom stereocenters. The Kier molecular flexibility index (Phi) is 14.5. The molecule has 0 spiro atoms. The van der Waals surface area contributed by atoms with Crippen molar-refractivity contribution >= 4 is 34.9 Å². The summed E-state index contributed by atoms with van der Waals surface area (Å²) in [5.41, 5.74) is 3.16. The Labute approximate surface area is 332 Å². The topological polar surface area (TPSA) is 169 Å². The van der Waals surface area contributed by atoms with E-state index in [-0.39, 0.29) is 23.9 Å². The molecule has 57 heavy (non-hydrogen) atoms. The summed E-state index contributed by atoms with van der Waals surface area (Å²) in [5, 5.41) is 15.3. The smallest absolute Gasteiger partial charge is 0.438 e. The van der Waals surface area contributed by atoms with Crippen LogP contribution in [0.25, 0.3) is 11.3 Å². The van der Waals surface area contributed by atoms with E-state index in [1.165, 1.54) is 47.1 Å². The summed E-state index contributed by atoms with van der Waals surface area (Å²) in [6.45, 7) is 0.199. The molecule has 6 aromatic rings. The molecule has 0 radical (unpaired) electrons. The highest BCUT2D eigenvalue weighted by molar-refractivity contribution is 6.30. The minimum absolute atomic E-state index is 0.184. The summed E-state index contributed by atoms with van der Waals surface area (Å²) < 4.78 is 33.6. The summed E-state index contributed by atoms with van der Waals surface area (Å²) in [6, 6.07) is 33.5. The zero-order chi connectivity index (χ0) is 40.6. The van der Waals surface area contributed by atoms with Crippen molar-refractivity contribution in [3.8, 4) is 40.9 Å². The number of hydrogen-bond acceptors (Lipinski definition) is 13. The van der Waals surface area contributed by atoms with Gasteiger partial charge in [-0.25, -0.2) is 24.2 Å². The number of benzene rings is 4. The van der Waals surface area contributed by atoms with Crippen LogP contribution in [0.4, 0.5) is 10.5 Å². The molecule has 1 amide bonds. The quantitative estimate of drug-likeness (QED) is 0.0474. The number of amides is 1. The number of hydroxylamine groups is 1. The predicted octanol–water partition coefficient (Wildman–Crippen LogP) is 8.33. The average molecular weight is 791 g/mol. The van der Waals surface area contributed by atoms with Gasteiger partial charge < -0.3 is 28.4 Å². The third-order valence-electron chi connectivity index (χ3n) is 7.64. The van der Waals surface area contributed by atoms with Gasteiger partial charge in [-0.2, -0.15) is 10.3 Å². The maximum absolute atomic E-state index is 12.1. The van der Waals surface area contributed by atoms with Crippen LogP contribution >= 0.6 is 11.6 Å². The van der Waals surface area contributed by atoms with Crippen LogP contribution in [0.2, 0.25) is 5.02 Å². The van der Waals surface area contributed by atoms with Gasteiger partial charge >= 0.3 is 12.1 Å². The lowest BCUT2D eigenvalue weighted by atomic mass is 10.1. The van der Waals surface area contributed by atoms with E-state index in [2.05, 4.69) is 21.1 Å². The standard InChI is InChI=1S/C22H17N3O5.C19H18ClN3O4/c1-27-13-17(22(26)28-2)16-8-4-6-10-19(16)30-21-11-20(24-14-25-21)29-18-9-5-3-7-15(18)12-23;1-25-19(24)23(26-2)17-6-4-3-5-14(17)13-27-18-11-12-22(21-18)16-9-7-15(20)8-10-16/h3-11,13-14H,1-2H3;3-12H,13H2,1-2H3/b17-13+;. The Morgan fingerprint density at radius 2 is 1.47 bits per heavy atom. The second-order valence-corrected chi connectivity index (χ2v) is 11.6. The Bertz CT molecular complexity index is 2360. The number of ether oxygens (including phenoxy) is 6. The number of carbonyl (C=O) groups excluding carboxylic acids is 2. The Morgan fingerprint density at radius 3 is 2.16 bits per heavy atom. The normalized spacial score (nSPS) is 10.6. The van der Waals surface area contributed by atoms with Crippen molar-refractivity contribution in [1.29, 1.82) is 5.26 Å². The third kappa shape index (κ3) is 10.9. The van der Waals surface area contributed by atoms with E-state index >= 15 is 0 Å². The zero-order valence-electron chi connectivity index (χ0n) is 31.1. The maximum atomic E-state index is 12.1. The minimum atomic E-state index is -0.628. The molecule has 290 valence electrons. The van der Waals surface area contributed by atoms with Gasteiger partial charge in [-0.05, 0) is 48.5 Å². The molecule has 16 heteroatoms. The van der Waals surface area contributed by atoms with E-state index in [0.29, 0.717) is 39.2 Å². The van der Waals surface area contributed by atoms with Crippen LogP contribution in [0.1, 0.15) is 16.7 Å². The van der Waals surface area contributed by atoms with Gasteiger partial charge in [-0.3, -0.25) is 4.84 Å². The number of aromatic nitrogens is 4. The number of methoxy groups -OCH3 is 3. The van der Waals surface area contributed by atoms with Crippen LogP contribution in [0.3, 0.4) is 0 Å². The third-order valence-corrected chi connectivity index (χ3v) is 7.89. The predicted molar refractivity (Wildman–Crippen MR) is 208 cm³/mol. The average Bonchev–Trinajstić information content (AvgIpc) is 3.72. The van der Waals surface area contributed by atoms with Gasteiger partial charge in [0, 0.05) is 28.4 Å². The Morgan fingerprint density at radius 1 is 0.807 bits per heavy atom. The van der Waals surface area contributed by atoms with Crippen molar-refractivity contribution < 1.29 is 42.8 Å². The van der Waals surface area contributed by atoms with Crippen LogP contribution < -0.4 is 19.3 Å². The van der Waals surface area contributed by atoms with Crippen molar-refractivity contribution in [2.24, 2.45) is 0 Å². The fourth-order valence-electron chi connectivity index (χ4n) is 4.99. The number of nitrogens with zero attached hydrogens (tertiary/aromatic N) is 6. The lowest BCUT2D eigenvalue weighted by molar-refractivity contribution is -0.133. The first kappa shape index (κ1) is 40.8. The molecule has 15 nitrogen and oxygen atoms in total. The van der Waals surface area contributed by atoms with Gasteiger partial charge in [0.15, 0.2) is 0 Å². The maximum Gasteiger partial charge on any atom is 0.438 e. The SMILES string of the molecule is CO/C=C(/C(=O)OC)c1ccccc1Oc1cc(Oc2ccccc2C#N)ncn1.COC(=O)N(OC)c1ccccc1COc1ccn(-c2ccc(Cl)cc2)n1. The van der Waals surface area contributed by atoms with E-state index in [0.717, 1.165) is 16.3 Å². The molecule has 0 aliphatic rings. The van der Waals surface area contributed by atoms with E-state index in [1.54, 1.807) is 89.7 Å². The number of halogens is 1. The molecular weight excluding hydrogens is 756 g/mol. The molecule has 2 heterocycles. The van der Waals surface area contributed by atoms with Crippen LogP contribution in [-0.4, -0.2) is 60.3 Å². The summed E-state index contributed by atoms with van der Waals surface area (Å²) >= 11 is 5.91. The second kappa shape index (κ2) is 20.3. The second-order valence-electron chi connectivity index (χ2n) is 11.2. The molecule has 0 fully saturated rings. The molecule has 0 N–H and O–H groups in total. The number of hydrogen-bond donors (Lipinski definition) is 0. The van der Waals surface area contributed by atoms with E-state index in [4.69, 9.17) is 44.9 Å². The van der Waals surface area contributed by atoms with Crippen LogP contribution in [-0.2, 0) is 30.4 Å². The largest absolute Gasteiger partial charge is 0.503 e. The molecule has 2 aromatic heterocycles. The number of esters is 1. The molecule has 0 saturated heterocycles. The monoisotopic (exact) mass is 790 g/mol. The van der Waals surface area contributed by atoms with E-state index in [1.807, 2.05) is 24.3 Å². The van der Waals surface area contributed by atoms with Gasteiger partial charge in [0.05, 0.1) is 57.7 Å². The van der Waals surface area contributed by atoms with Crippen LogP contribution in [0.5, 0.6) is 29.1 Å². The molecule has 0 aliphatic heterocycles. The molecule has 0 bridgehead atoms. The molecular formula is C41H35ClN6O9. The van der Waals surface area contributed by atoms with Crippen molar-refractivity contribution in [2.75, 3.05) is 33.5 Å². The molecule has 0 saturated carbocycles. The van der Waals surface area contributed by atoms with Gasteiger partial charge in [0.2, 0.25) is 17.6 Å². The summed E-state index contributed by atoms with van der Waals surface area (Å²) in [5.74, 6) is 0.966. The van der Waals surface area contributed by atoms with Crippen LogP contribution in [0, 0.1) is 11.3 Å². The first-order chi connectivity index (χ1) is 27.8. The highest BCUT2D eigenvalue weighted by Crippen LogP contribution is 2.32. The van der Waals surface area contributed by atoms with Crippen molar-refractivity contribution in [3.05, 3.63) is 150 Å². The lowest BCUT2D eigenvalue weighted by Gasteiger charge is -2.20. The van der Waals surface area contributed by atoms with Crippen molar-refractivity contribution in [3.63, 3.8) is 0 Å². The van der Waals surface area contributed by atoms with Gasteiger partial charge in [-0.15, -0.1) is 5.10 Å². The Hall–Kier alpha value is -7.41. The zero-order valence-corrected chi connectivity index (χ0v) is 31.8. The minimum Gasteiger partial charge on any atom is -0.503 e. The first-order valence-electron chi connectivity index (χ1n) is 16.8. The fraction of sp³-hybridized carbons (Fsp3) is 0.122. The number of nitriles is 1. The highest BCUT2D eigenvalue weighted by Gasteiger charge is 2.20. The number of carbonyl (C=O) groups is 2. The van der Waals surface area contributed by atoms with Crippen molar-refractivity contribution in [1.82, 2.24) is 19.7 Å². The highest BCUT2D eigenvalue weighted by atomic mass is 35.5. The van der Waals surface area contributed by atoms with E-state index in [9.17, 15) is 14.9 Å². The molecule has 4 aromatic carbocycles. The summed E-state index contributed by atoms with van der Waals surface area (Å²) in [6.07, 6.45) is 3.72. The molecule has 0 atom stereocenters. The van der Waals surface area contributed by atoms with Gasteiger partial charge in [0.25, 0.3) is 0 Å². The number of rotatable bonds is 13. The lowest BCUT2D eigenvalue weighted by Crippen LogP contribution is -2.30. The number of para-hydroxylation sites is 3. The summed E-state index contributed by atoms with van der Waals surface area (Å²) in [7, 11) is 5.39. The van der Waals surface area contributed by atoms with Gasteiger partial charge in [-0.1, -0.05) is 60.1 Å². The summed E-state index contributed by atoms with van der Waals surface area (Å²) in [4.78, 5) is 37.3. The fourth-order valence-corrected chi connectivity index (χ4v) is 5.12. The Balaban J connectivity index is 0.000000219. The van der Waals surface area contributed by atoms with Crippen molar-refractivity contribution in [2.45, 2.75) is 6.61 Å². The van der Waals surface area contributed by atoms with E-state index < -0.39 is 12.1 Å². The van der Waals surface area contributed by atoms with Gasteiger partial charge in [0.1, 0.15) is 36.1 Å².